The Balaban J connectivity index is 1.36. The summed E-state index contributed by atoms with van der Waals surface area (Å²) in [6, 6.07) is 10.9. The lowest BCUT2D eigenvalue weighted by Crippen LogP contribution is -2.17. The molecule has 0 aromatic heterocycles. The molecule has 146 valence electrons. The first-order valence-electron chi connectivity index (χ1n) is 11.0. The number of benzene rings is 1. The van der Waals surface area contributed by atoms with Crippen LogP contribution in [0.2, 0.25) is 0 Å². The van der Waals surface area contributed by atoms with Crippen LogP contribution in [0.15, 0.2) is 36.2 Å². The van der Waals surface area contributed by atoms with Crippen molar-refractivity contribution in [1.82, 2.24) is 0 Å². The molecule has 2 aliphatic carbocycles. The third-order valence-electron chi connectivity index (χ3n) is 7.07. The van der Waals surface area contributed by atoms with Crippen molar-refractivity contribution < 1.29 is 4.39 Å². The van der Waals surface area contributed by atoms with Crippen molar-refractivity contribution in [3.63, 3.8) is 0 Å². The van der Waals surface area contributed by atoms with E-state index in [0.717, 1.165) is 37.0 Å². The Labute approximate surface area is 164 Å². The van der Waals surface area contributed by atoms with Crippen LogP contribution in [0.25, 0.3) is 0 Å². The van der Waals surface area contributed by atoms with Crippen LogP contribution in [-0.4, -0.2) is 0 Å². The van der Waals surface area contributed by atoms with E-state index >= 15 is 0 Å². The summed E-state index contributed by atoms with van der Waals surface area (Å²) in [7, 11) is 0. The average molecular weight is 368 g/mol. The average Bonchev–Trinajstić information content (AvgIpc) is 2.73. The topological polar surface area (TPSA) is 23.8 Å². The Hall–Kier alpha value is -1.62. The summed E-state index contributed by atoms with van der Waals surface area (Å²) in [6.45, 7) is 2.22. The summed E-state index contributed by atoms with van der Waals surface area (Å²) in [6.07, 6.45) is 15.4. The molecule has 0 heterocycles. The first-order chi connectivity index (χ1) is 13.2. The van der Waals surface area contributed by atoms with Gasteiger partial charge in [0, 0.05) is 0 Å². The summed E-state index contributed by atoms with van der Waals surface area (Å²) in [5.74, 6) is 2.18. The number of hydrogen-bond acceptors (Lipinski definition) is 1. The molecule has 27 heavy (non-hydrogen) atoms. The maximum Gasteiger partial charge on any atom is 0.196 e. The Morgan fingerprint density at radius 2 is 1.52 bits per heavy atom. The molecule has 2 saturated carbocycles. The van der Waals surface area contributed by atoms with Crippen LogP contribution in [0.5, 0.6) is 0 Å². The van der Waals surface area contributed by atoms with Gasteiger partial charge in [0.05, 0.1) is 0 Å². The van der Waals surface area contributed by atoms with E-state index in [1.165, 1.54) is 56.9 Å². The molecule has 2 aliphatic rings. The molecule has 0 radical (unpaired) electrons. The van der Waals surface area contributed by atoms with Gasteiger partial charge in [-0.2, -0.15) is 9.65 Å². The molecule has 0 bridgehead atoms. The monoisotopic (exact) mass is 367 g/mol. The van der Waals surface area contributed by atoms with Crippen molar-refractivity contribution in [3.05, 3.63) is 47.3 Å². The van der Waals surface area contributed by atoms with Gasteiger partial charge in [0.1, 0.15) is 6.07 Å². The maximum absolute atomic E-state index is 13.1. The van der Waals surface area contributed by atoms with Crippen molar-refractivity contribution >= 4 is 0 Å². The molecular formula is C25H34FN. The number of nitrogens with zero attached hydrogens (tertiary/aromatic N) is 1. The second-order valence-corrected chi connectivity index (χ2v) is 8.80. The number of hydrogen-bond donors (Lipinski definition) is 0. The first-order valence-corrected chi connectivity index (χ1v) is 11.0. The fourth-order valence-corrected chi connectivity index (χ4v) is 5.17. The molecule has 0 unspecified atom stereocenters. The number of rotatable bonds is 6. The minimum absolute atomic E-state index is 0.287. The summed E-state index contributed by atoms with van der Waals surface area (Å²) in [5, 5.41) is 8.57. The van der Waals surface area contributed by atoms with Gasteiger partial charge in [0.15, 0.2) is 5.83 Å². The molecule has 0 N–H and O–H groups in total. The quantitative estimate of drug-likeness (QED) is 0.478. The van der Waals surface area contributed by atoms with Gasteiger partial charge in [0.25, 0.3) is 0 Å². The second-order valence-electron chi connectivity index (χ2n) is 8.80. The largest absolute Gasteiger partial charge is 0.196 e. The Kier molecular flexibility index (Phi) is 7.50. The number of halogens is 1. The van der Waals surface area contributed by atoms with Crippen molar-refractivity contribution in [3.8, 4) is 6.07 Å². The van der Waals surface area contributed by atoms with E-state index in [4.69, 9.17) is 5.26 Å². The number of nitriles is 1. The van der Waals surface area contributed by atoms with Crippen molar-refractivity contribution in [2.45, 2.75) is 83.5 Å². The molecular weight excluding hydrogens is 333 g/mol. The zero-order valence-corrected chi connectivity index (χ0v) is 16.8. The van der Waals surface area contributed by atoms with Gasteiger partial charge in [-0.05, 0) is 98.7 Å². The predicted octanol–water partition coefficient (Wildman–Crippen LogP) is 7.49. The maximum atomic E-state index is 13.1. The van der Waals surface area contributed by atoms with E-state index in [-0.39, 0.29) is 5.92 Å². The molecule has 0 saturated heterocycles. The zero-order valence-electron chi connectivity index (χ0n) is 16.8. The first kappa shape index (κ1) is 20.1. The highest BCUT2D eigenvalue weighted by molar-refractivity contribution is 5.25. The van der Waals surface area contributed by atoms with Gasteiger partial charge in [-0.1, -0.05) is 44.0 Å². The van der Waals surface area contributed by atoms with Crippen LogP contribution in [-0.2, 0) is 6.42 Å². The van der Waals surface area contributed by atoms with E-state index in [1.807, 2.05) is 0 Å². The van der Waals surface area contributed by atoms with E-state index < -0.39 is 5.83 Å². The fourth-order valence-electron chi connectivity index (χ4n) is 5.17. The summed E-state index contributed by atoms with van der Waals surface area (Å²) in [4.78, 5) is 0. The normalized spacial score (nSPS) is 29.3. The van der Waals surface area contributed by atoms with Gasteiger partial charge in [0.2, 0.25) is 0 Å². The third-order valence-corrected chi connectivity index (χ3v) is 7.07. The molecule has 0 amide bonds. The fraction of sp³-hybridized carbons (Fsp3) is 0.640. The Morgan fingerprint density at radius 3 is 2.04 bits per heavy atom. The second kappa shape index (κ2) is 10.1. The lowest BCUT2D eigenvalue weighted by Gasteiger charge is -2.31. The molecule has 2 heteroatoms. The van der Waals surface area contributed by atoms with Gasteiger partial charge in [-0.3, -0.25) is 0 Å². The molecule has 1 aromatic rings. The molecule has 2 fully saturated rings. The molecule has 0 aliphatic heterocycles. The zero-order chi connectivity index (χ0) is 19.1. The minimum Gasteiger partial charge on any atom is -0.195 e. The highest BCUT2D eigenvalue weighted by Gasteiger charge is 2.25. The predicted molar refractivity (Wildman–Crippen MR) is 110 cm³/mol. The highest BCUT2D eigenvalue weighted by Crippen LogP contribution is 2.40. The van der Waals surface area contributed by atoms with Crippen LogP contribution < -0.4 is 0 Å². The highest BCUT2D eigenvalue weighted by atomic mass is 19.1. The van der Waals surface area contributed by atoms with Crippen LogP contribution in [0.3, 0.4) is 0 Å². The van der Waals surface area contributed by atoms with Gasteiger partial charge < -0.3 is 0 Å². The van der Waals surface area contributed by atoms with Crippen molar-refractivity contribution in [2.24, 2.45) is 17.8 Å². The smallest absolute Gasteiger partial charge is 0.195 e. The summed E-state index contributed by atoms with van der Waals surface area (Å²) < 4.78 is 13.1. The Morgan fingerprint density at radius 1 is 0.963 bits per heavy atom. The van der Waals surface area contributed by atoms with Crippen molar-refractivity contribution in [2.75, 3.05) is 0 Å². The summed E-state index contributed by atoms with van der Waals surface area (Å²) >= 11 is 0. The summed E-state index contributed by atoms with van der Waals surface area (Å²) in [5.41, 5.74) is 2.98. The molecule has 0 spiro atoms. The number of aryl methyl sites for hydroxylation is 1. The van der Waals surface area contributed by atoms with Gasteiger partial charge in [-0.15, -0.1) is 0 Å². The van der Waals surface area contributed by atoms with E-state index in [2.05, 4.69) is 31.2 Å². The molecule has 1 aromatic carbocycles. The standard InChI is InChI=1S/C25H34FN/c1-2-19-9-13-23(14-10-19)24-15-11-21(12-16-24)4-3-20-5-7-22(8-6-20)17-25(26)18-27/h9-10,13-14,17,20-22,24H,2-8,11-12,15-16H2,1H3/b25-17+/t20-,21-,22-,24-. The molecule has 0 atom stereocenters. The van der Waals surface area contributed by atoms with E-state index in [1.54, 1.807) is 17.7 Å². The number of allylic oxidation sites excluding steroid dienone is 2. The van der Waals surface area contributed by atoms with E-state index in [0.29, 0.717) is 0 Å². The molecule has 3 rings (SSSR count). The van der Waals surface area contributed by atoms with Crippen LogP contribution in [0.1, 0.15) is 88.2 Å². The van der Waals surface area contributed by atoms with Gasteiger partial charge in [-0.25, -0.2) is 0 Å². The van der Waals surface area contributed by atoms with Crippen molar-refractivity contribution in [1.29, 1.82) is 5.26 Å². The van der Waals surface area contributed by atoms with E-state index in [9.17, 15) is 4.39 Å². The van der Waals surface area contributed by atoms with Gasteiger partial charge >= 0.3 is 0 Å². The van der Waals surface area contributed by atoms with Crippen LogP contribution >= 0.6 is 0 Å². The third kappa shape index (κ3) is 5.93. The lowest BCUT2D eigenvalue weighted by molar-refractivity contribution is 0.245. The minimum atomic E-state index is -0.598. The van der Waals surface area contributed by atoms with Crippen LogP contribution in [0.4, 0.5) is 4.39 Å². The lowest BCUT2D eigenvalue weighted by atomic mass is 9.74. The SMILES string of the molecule is CCc1ccc([C@H]2CC[C@H](CC[C@H]3CC[C@H](/C=C(/F)C#N)CC3)CC2)cc1. The van der Waals surface area contributed by atoms with Crippen LogP contribution in [0, 0.1) is 29.1 Å². The molecule has 1 nitrogen and oxygen atoms in total. The Bertz CT molecular complexity index is 638.